The van der Waals surface area contributed by atoms with Gasteiger partial charge in [0.2, 0.25) is 18.3 Å². The first kappa shape index (κ1) is 23.5. The van der Waals surface area contributed by atoms with Gasteiger partial charge in [0.15, 0.2) is 0 Å². The zero-order valence-electron chi connectivity index (χ0n) is 20.4. The molecule has 2 amide bonds. The molecule has 9 nitrogen and oxygen atoms in total. The lowest BCUT2D eigenvalue weighted by Gasteiger charge is -2.31. The van der Waals surface area contributed by atoms with Crippen LogP contribution in [0.4, 0.5) is 23.1 Å². The summed E-state index contributed by atoms with van der Waals surface area (Å²) in [4.78, 5) is 38.0. The lowest BCUT2D eigenvalue weighted by atomic mass is 9.99. The molecule has 3 heterocycles. The first-order valence-electron chi connectivity index (χ1n) is 12.8. The van der Waals surface area contributed by atoms with Crippen molar-refractivity contribution in [3.8, 4) is 0 Å². The first-order valence-corrected chi connectivity index (χ1v) is 12.8. The number of nitrogens with zero attached hydrogens (tertiary/aromatic N) is 4. The van der Waals surface area contributed by atoms with E-state index in [2.05, 4.69) is 51.0 Å². The highest BCUT2D eigenvalue weighted by Crippen LogP contribution is 2.32. The highest BCUT2D eigenvalue weighted by Gasteiger charge is 2.30. The van der Waals surface area contributed by atoms with Gasteiger partial charge in [0.1, 0.15) is 5.82 Å². The standard InChI is InChI=1S/C26H35N7O2/c1-18-14-21(6-7-23(18)32-12-10-27-11-13-32)30-26-29-16-20(15-19-8-9-28-25(19)35)24(31-26)33(17-34)22-4-2-3-5-22/h6-7,14,16-17,19,22,27H,2-5,8-13,15H2,1H3,(H,28,35)(H,29,30,31)/t19-/m0/s1. The molecule has 0 bridgehead atoms. The Hall–Kier alpha value is -3.20. The lowest BCUT2D eigenvalue weighted by Crippen LogP contribution is -2.43. The molecule has 0 unspecified atom stereocenters. The van der Waals surface area contributed by atoms with E-state index in [0.29, 0.717) is 24.7 Å². The smallest absolute Gasteiger partial charge is 0.229 e. The fourth-order valence-electron chi connectivity index (χ4n) is 5.55. The second-order valence-electron chi connectivity index (χ2n) is 9.84. The monoisotopic (exact) mass is 477 g/mol. The van der Waals surface area contributed by atoms with Crippen LogP contribution in [0.3, 0.4) is 0 Å². The fourth-order valence-corrected chi connectivity index (χ4v) is 5.55. The molecule has 3 fully saturated rings. The van der Waals surface area contributed by atoms with Gasteiger partial charge >= 0.3 is 0 Å². The van der Waals surface area contributed by atoms with E-state index in [-0.39, 0.29) is 17.9 Å². The number of amides is 2. The molecule has 0 spiro atoms. The van der Waals surface area contributed by atoms with E-state index in [0.717, 1.165) is 75.9 Å². The maximum Gasteiger partial charge on any atom is 0.229 e. The molecule has 186 valence electrons. The van der Waals surface area contributed by atoms with E-state index in [4.69, 9.17) is 4.98 Å². The minimum Gasteiger partial charge on any atom is -0.369 e. The Bertz CT molecular complexity index is 1060. The van der Waals surface area contributed by atoms with Crippen LogP contribution in [0.5, 0.6) is 0 Å². The largest absolute Gasteiger partial charge is 0.369 e. The molecular formula is C26H35N7O2. The summed E-state index contributed by atoms with van der Waals surface area (Å²) in [6.45, 7) is 6.83. The maximum absolute atomic E-state index is 12.2. The number of anilines is 4. The van der Waals surface area contributed by atoms with Crippen LogP contribution in [0.15, 0.2) is 24.4 Å². The predicted molar refractivity (Wildman–Crippen MR) is 137 cm³/mol. The van der Waals surface area contributed by atoms with Crippen LogP contribution >= 0.6 is 0 Å². The summed E-state index contributed by atoms with van der Waals surface area (Å²) in [5, 5.41) is 9.64. The number of aromatic nitrogens is 2. The summed E-state index contributed by atoms with van der Waals surface area (Å²) in [5.41, 5.74) is 4.20. The van der Waals surface area contributed by atoms with Gasteiger partial charge in [-0.15, -0.1) is 0 Å². The predicted octanol–water partition coefficient (Wildman–Crippen LogP) is 2.52. The van der Waals surface area contributed by atoms with Crippen molar-refractivity contribution in [3.63, 3.8) is 0 Å². The number of aryl methyl sites for hydroxylation is 1. The second kappa shape index (κ2) is 10.6. The van der Waals surface area contributed by atoms with Gasteiger partial charge in [-0.05, 0) is 56.4 Å². The van der Waals surface area contributed by atoms with Crippen molar-refractivity contribution in [1.29, 1.82) is 0 Å². The number of rotatable bonds is 8. The quantitative estimate of drug-likeness (QED) is 0.502. The number of hydrogen-bond donors (Lipinski definition) is 3. The van der Waals surface area contributed by atoms with Crippen molar-refractivity contribution >= 4 is 35.5 Å². The molecule has 5 rings (SSSR count). The first-order chi connectivity index (χ1) is 17.1. The van der Waals surface area contributed by atoms with Gasteiger partial charge in [0.05, 0.1) is 0 Å². The normalized spacial score (nSPS) is 20.7. The molecule has 9 heteroatoms. The average molecular weight is 478 g/mol. The van der Waals surface area contributed by atoms with E-state index >= 15 is 0 Å². The van der Waals surface area contributed by atoms with Crippen LogP contribution in [0.25, 0.3) is 0 Å². The number of piperazine rings is 1. The van der Waals surface area contributed by atoms with Gasteiger partial charge < -0.3 is 20.9 Å². The minimum atomic E-state index is -0.103. The van der Waals surface area contributed by atoms with Crippen LogP contribution in [-0.4, -0.2) is 61.1 Å². The second-order valence-corrected chi connectivity index (χ2v) is 9.84. The highest BCUT2D eigenvalue weighted by atomic mass is 16.2. The SMILES string of the molecule is Cc1cc(Nc2ncc(C[C@@H]3CCNC3=O)c(N(C=O)C3CCCC3)n2)ccc1N1CCNCC1. The molecule has 2 aliphatic heterocycles. The Morgan fingerprint density at radius 1 is 1.17 bits per heavy atom. The zero-order valence-corrected chi connectivity index (χ0v) is 20.4. The van der Waals surface area contributed by atoms with E-state index in [1.165, 1.54) is 11.3 Å². The number of nitrogens with one attached hydrogen (secondary N) is 3. The molecule has 3 aliphatic rings. The minimum absolute atomic E-state index is 0.0664. The van der Waals surface area contributed by atoms with Crippen molar-refractivity contribution in [2.45, 2.75) is 51.5 Å². The highest BCUT2D eigenvalue weighted by molar-refractivity contribution is 5.82. The van der Waals surface area contributed by atoms with Gasteiger partial charge in [-0.2, -0.15) is 4.98 Å². The summed E-state index contributed by atoms with van der Waals surface area (Å²) in [6.07, 6.45) is 8.19. The topological polar surface area (TPSA) is 102 Å². The molecule has 1 aromatic carbocycles. The molecule has 1 aliphatic carbocycles. The van der Waals surface area contributed by atoms with Crippen molar-refractivity contribution in [2.24, 2.45) is 5.92 Å². The van der Waals surface area contributed by atoms with Gasteiger partial charge in [0, 0.05) is 67.8 Å². The number of carbonyl (C=O) groups is 2. The molecular weight excluding hydrogens is 442 g/mol. The van der Waals surface area contributed by atoms with Gasteiger partial charge in [-0.25, -0.2) is 4.98 Å². The summed E-state index contributed by atoms with van der Waals surface area (Å²) in [7, 11) is 0. The fraction of sp³-hybridized carbons (Fsp3) is 0.538. The summed E-state index contributed by atoms with van der Waals surface area (Å²) < 4.78 is 0. The number of benzene rings is 1. The Morgan fingerprint density at radius 3 is 2.66 bits per heavy atom. The van der Waals surface area contributed by atoms with Gasteiger partial charge in [-0.3, -0.25) is 14.5 Å². The summed E-state index contributed by atoms with van der Waals surface area (Å²) in [6, 6.07) is 6.46. The number of hydrogen-bond acceptors (Lipinski definition) is 7. The molecule has 35 heavy (non-hydrogen) atoms. The van der Waals surface area contributed by atoms with Crippen molar-refractivity contribution < 1.29 is 9.59 Å². The zero-order chi connectivity index (χ0) is 24.2. The summed E-state index contributed by atoms with van der Waals surface area (Å²) in [5.74, 6) is 1.04. The third-order valence-corrected chi connectivity index (χ3v) is 7.46. The lowest BCUT2D eigenvalue weighted by molar-refractivity contribution is -0.122. The Labute approximate surface area is 206 Å². The molecule has 1 atom stereocenters. The molecule has 2 saturated heterocycles. The van der Waals surface area contributed by atoms with Gasteiger partial charge in [0.25, 0.3) is 0 Å². The van der Waals surface area contributed by atoms with Crippen LogP contribution in [0.1, 0.15) is 43.2 Å². The third-order valence-electron chi connectivity index (χ3n) is 7.46. The van der Waals surface area contributed by atoms with Crippen molar-refractivity contribution in [1.82, 2.24) is 20.6 Å². The maximum atomic E-state index is 12.2. The molecule has 3 N–H and O–H groups in total. The van der Waals surface area contributed by atoms with E-state index in [9.17, 15) is 9.59 Å². The number of carbonyl (C=O) groups excluding carboxylic acids is 2. The van der Waals surface area contributed by atoms with Crippen molar-refractivity contribution in [2.75, 3.05) is 47.8 Å². The van der Waals surface area contributed by atoms with Crippen LogP contribution < -0.4 is 25.8 Å². The Morgan fingerprint density at radius 2 is 1.97 bits per heavy atom. The third kappa shape index (κ3) is 5.24. The Balaban J connectivity index is 1.40. The van der Waals surface area contributed by atoms with E-state index < -0.39 is 0 Å². The molecule has 2 aromatic rings. The van der Waals surface area contributed by atoms with E-state index in [1.54, 1.807) is 11.1 Å². The molecule has 0 radical (unpaired) electrons. The summed E-state index contributed by atoms with van der Waals surface area (Å²) >= 11 is 0. The van der Waals surface area contributed by atoms with Crippen molar-refractivity contribution in [3.05, 3.63) is 35.5 Å². The van der Waals surface area contributed by atoms with Gasteiger partial charge in [-0.1, -0.05) is 12.8 Å². The van der Waals surface area contributed by atoms with E-state index in [1.807, 2.05) is 0 Å². The van der Waals surface area contributed by atoms with Crippen LogP contribution in [-0.2, 0) is 16.0 Å². The molecule has 1 aromatic heterocycles. The van der Waals surface area contributed by atoms with Crippen LogP contribution in [0.2, 0.25) is 0 Å². The average Bonchev–Trinajstić information content (AvgIpc) is 3.54. The molecule has 1 saturated carbocycles. The Kier molecular flexibility index (Phi) is 7.13. The van der Waals surface area contributed by atoms with Crippen LogP contribution in [0, 0.1) is 12.8 Å².